The fraction of sp³-hybridized carbons (Fsp3) is 0. The Morgan fingerprint density at radius 3 is 2.50 bits per heavy atom. The van der Waals surface area contributed by atoms with E-state index in [9.17, 15) is 0 Å². The van der Waals surface area contributed by atoms with Crippen molar-refractivity contribution in [2.75, 3.05) is 11.1 Å². The van der Waals surface area contributed by atoms with Crippen molar-refractivity contribution in [3.63, 3.8) is 0 Å². The van der Waals surface area contributed by atoms with E-state index in [0.29, 0.717) is 20.6 Å². The number of nitrogens with two attached hydrogens (primary N) is 1. The lowest BCUT2D eigenvalue weighted by Gasteiger charge is -2.12. The molecule has 7 heteroatoms. The van der Waals surface area contributed by atoms with E-state index in [1.165, 1.54) is 11.3 Å². The minimum absolute atomic E-state index is 0.560. The van der Waals surface area contributed by atoms with Gasteiger partial charge in [0, 0.05) is 15.7 Å². The molecule has 0 spiro atoms. The van der Waals surface area contributed by atoms with E-state index in [-0.39, 0.29) is 0 Å². The maximum absolute atomic E-state index is 6.42. The van der Waals surface area contributed by atoms with Crippen LogP contribution < -0.4 is 11.1 Å². The van der Waals surface area contributed by atoms with Crippen LogP contribution in [0.1, 0.15) is 10.4 Å². The molecule has 0 saturated heterocycles. The minimum Gasteiger partial charge on any atom is -0.397 e. The van der Waals surface area contributed by atoms with Crippen LogP contribution in [0.5, 0.6) is 0 Å². The summed E-state index contributed by atoms with van der Waals surface area (Å²) in [6.07, 6.45) is 0. The molecule has 0 fully saturated rings. The first-order chi connectivity index (χ1) is 11.5. The van der Waals surface area contributed by atoms with Crippen molar-refractivity contribution in [1.82, 2.24) is 0 Å². The van der Waals surface area contributed by atoms with Crippen LogP contribution in [0, 0.1) is 0 Å². The Kier molecular flexibility index (Phi) is 5.47. The van der Waals surface area contributed by atoms with Gasteiger partial charge in [-0.1, -0.05) is 51.3 Å². The van der Waals surface area contributed by atoms with Gasteiger partial charge in [0.1, 0.15) is 0 Å². The monoisotopic (exact) mass is 456 g/mol. The first kappa shape index (κ1) is 17.7. The lowest BCUT2D eigenvalue weighted by molar-refractivity contribution is 1.53. The SMILES string of the molecule is Nc1cc(Br)ccc1Nc1ccc(C(=S)c2sccc2Cl)c(Cl)c1. The molecule has 0 aliphatic rings. The summed E-state index contributed by atoms with van der Waals surface area (Å²) in [7, 11) is 0. The van der Waals surface area contributed by atoms with Crippen LogP contribution in [0.25, 0.3) is 0 Å². The standard InChI is InChI=1S/C17H11BrCl2N2S2/c18-9-1-4-15(14(21)7-9)22-10-2-3-11(13(20)8-10)16(23)17-12(19)5-6-24-17/h1-8,22H,21H2. The van der Waals surface area contributed by atoms with Gasteiger partial charge in [-0.05, 0) is 47.8 Å². The van der Waals surface area contributed by atoms with Gasteiger partial charge >= 0.3 is 0 Å². The molecule has 0 amide bonds. The molecule has 3 aromatic rings. The fourth-order valence-corrected chi connectivity index (χ4v) is 4.46. The maximum atomic E-state index is 6.42. The molecule has 0 bridgehead atoms. The number of rotatable bonds is 4. The smallest absolute Gasteiger partial charge is 0.0651 e. The lowest BCUT2D eigenvalue weighted by Crippen LogP contribution is -2.01. The molecule has 1 aromatic heterocycles. The Balaban J connectivity index is 1.87. The zero-order valence-corrected chi connectivity index (χ0v) is 16.9. The number of benzene rings is 2. The number of nitrogens with one attached hydrogen (secondary N) is 1. The Bertz CT molecular complexity index is 925. The third-order valence-electron chi connectivity index (χ3n) is 3.33. The number of thiophene rings is 1. The molecule has 2 aromatic carbocycles. The van der Waals surface area contributed by atoms with Gasteiger partial charge in [0.05, 0.1) is 31.2 Å². The summed E-state index contributed by atoms with van der Waals surface area (Å²) < 4.78 is 0.928. The number of hydrogen-bond acceptors (Lipinski definition) is 4. The average Bonchev–Trinajstić information content (AvgIpc) is 2.96. The predicted molar refractivity (Wildman–Crippen MR) is 113 cm³/mol. The second-order valence-electron chi connectivity index (χ2n) is 4.98. The molecule has 0 aliphatic carbocycles. The summed E-state index contributed by atoms with van der Waals surface area (Å²) in [5.74, 6) is 0. The second kappa shape index (κ2) is 7.42. The molecule has 3 N–H and O–H groups in total. The maximum Gasteiger partial charge on any atom is 0.0651 e. The van der Waals surface area contributed by atoms with Crippen LogP contribution in [0.3, 0.4) is 0 Å². The highest BCUT2D eigenvalue weighted by molar-refractivity contribution is 9.10. The van der Waals surface area contributed by atoms with Crippen molar-refractivity contribution < 1.29 is 0 Å². The minimum atomic E-state index is 0.560. The van der Waals surface area contributed by atoms with Gasteiger partial charge in [-0.3, -0.25) is 0 Å². The van der Waals surface area contributed by atoms with E-state index < -0.39 is 0 Å². The van der Waals surface area contributed by atoms with Gasteiger partial charge < -0.3 is 11.1 Å². The normalized spacial score (nSPS) is 10.6. The lowest BCUT2D eigenvalue weighted by atomic mass is 10.1. The highest BCUT2D eigenvalue weighted by Crippen LogP contribution is 2.32. The van der Waals surface area contributed by atoms with Crippen LogP contribution in [0.2, 0.25) is 10.0 Å². The third-order valence-corrected chi connectivity index (χ3v) is 6.05. The molecular weight excluding hydrogens is 447 g/mol. The van der Waals surface area contributed by atoms with Crippen molar-refractivity contribution in [3.8, 4) is 0 Å². The van der Waals surface area contributed by atoms with E-state index in [2.05, 4.69) is 21.2 Å². The van der Waals surface area contributed by atoms with Crippen molar-refractivity contribution in [2.24, 2.45) is 0 Å². The van der Waals surface area contributed by atoms with Gasteiger partial charge in [0.25, 0.3) is 0 Å². The molecule has 0 unspecified atom stereocenters. The number of anilines is 3. The molecule has 3 rings (SSSR count). The van der Waals surface area contributed by atoms with E-state index in [4.69, 9.17) is 41.2 Å². The van der Waals surface area contributed by atoms with Gasteiger partial charge in [-0.2, -0.15) is 0 Å². The van der Waals surface area contributed by atoms with Crippen LogP contribution in [-0.2, 0) is 0 Å². The Hall–Kier alpha value is -1.11. The molecule has 24 heavy (non-hydrogen) atoms. The molecular formula is C17H11BrCl2N2S2. The van der Waals surface area contributed by atoms with E-state index in [1.807, 2.05) is 47.8 Å². The van der Waals surface area contributed by atoms with Crippen molar-refractivity contribution in [3.05, 3.63) is 72.8 Å². The molecule has 2 nitrogen and oxygen atoms in total. The molecule has 1 heterocycles. The number of thiocarbonyl (C=S) groups is 1. The highest BCUT2D eigenvalue weighted by atomic mass is 79.9. The average molecular weight is 458 g/mol. The molecule has 0 atom stereocenters. The highest BCUT2D eigenvalue weighted by Gasteiger charge is 2.14. The first-order valence-electron chi connectivity index (χ1n) is 6.85. The summed E-state index contributed by atoms with van der Waals surface area (Å²) in [6.45, 7) is 0. The Morgan fingerprint density at radius 2 is 1.88 bits per heavy atom. The fourth-order valence-electron chi connectivity index (χ4n) is 2.16. The van der Waals surface area contributed by atoms with E-state index in [0.717, 1.165) is 26.3 Å². The van der Waals surface area contributed by atoms with Gasteiger partial charge in [-0.25, -0.2) is 0 Å². The van der Waals surface area contributed by atoms with Crippen molar-refractivity contribution >= 4 is 84.6 Å². The zero-order chi connectivity index (χ0) is 17.3. The van der Waals surface area contributed by atoms with E-state index in [1.54, 1.807) is 0 Å². The van der Waals surface area contributed by atoms with Gasteiger partial charge in [0.2, 0.25) is 0 Å². The van der Waals surface area contributed by atoms with Gasteiger partial charge in [-0.15, -0.1) is 11.3 Å². The molecule has 0 radical (unpaired) electrons. The quantitative estimate of drug-likeness (QED) is 0.254. The van der Waals surface area contributed by atoms with Crippen LogP contribution in [-0.4, -0.2) is 4.86 Å². The van der Waals surface area contributed by atoms with E-state index >= 15 is 0 Å². The van der Waals surface area contributed by atoms with Crippen molar-refractivity contribution in [2.45, 2.75) is 0 Å². The van der Waals surface area contributed by atoms with Crippen LogP contribution in [0.15, 0.2) is 52.3 Å². The summed E-state index contributed by atoms with van der Waals surface area (Å²) in [5.41, 5.74) is 9.08. The van der Waals surface area contributed by atoms with Crippen LogP contribution in [0.4, 0.5) is 17.1 Å². The summed E-state index contributed by atoms with van der Waals surface area (Å²) in [6, 6.07) is 13.1. The largest absolute Gasteiger partial charge is 0.397 e. The number of nitrogen functional groups attached to an aromatic ring is 1. The predicted octanol–water partition coefficient (Wildman–Crippen LogP) is 6.91. The topological polar surface area (TPSA) is 38.0 Å². The van der Waals surface area contributed by atoms with Crippen molar-refractivity contribution in [1.29, 1.82) is 0 Å². The molecule has 0 saturated carbocycles. The summed E-state index contributed by atoms with van der Waals surface area (Å²) in [4.78, 5) is 1.50. The molecule has 0 aliphatic heterocycles. The summed E-state index contributed by atoms with van der Waals surface area (Å²) >= 11 is 23.0. The third kappa shape index (κ3) is 3.76. The number of hydrogen-bond donors (Lipinski definition) is 2. The molecule has 122 valence electrons. The van der Waals surface area contributed by atoms with Crippen LogP contribution >= 0.6 is 62.7 Å². The second-order valence-corrected chi connectivity index (χ2v) is 8.03. The Morgan fingerprint density at radius 1 is 1.08 bits per heavy atom. The zero-order valence-electron chi connectivity index (χ0n) is 12.1. The number of halogens is 3. The Labute approximate surface area is 167 Å². The van der Waals surface area contributed by atoms with Gasteiger partial charge in [0.15, 0.2) is 0 Å². The first-order valence-corrected chi connectivity index (χ1v) is 9.68. The summed E-state index contributed by atoms with van der Waals surface area (Å²) in [5, 5.41) is 6.37.